The van der Waals surface area contributed by atoms with Gasteiger partial charge in [-0.1, -0.05) is 6.07 Å². The van der Waals surface area contributed by atoms with E-state index in [9.17, 15) is 34.8 Å². The van der Waals surface area contributed by atoms with Crippen LogP contribution in [0.25, 0.3) is 0 Å². The minimum Gasteiger partial charge on any atom is -0.504 e. The second kappa shape index (κ2) is 14.3. The average molecular weight is 470 g/mol. The lowest BCUT2D eigenvalue weighted by molar-refractivity contribution is -0.133. The molecule has 0 spiro atoms. The molecule has 1 aromatic carbocycles. The molecule has 0 heterocycles. The van der Waals surface area contributed by atoms with Crippen molar-refractivity contribution in [1.82, 2.24) is 21.3 Å². The SMILES string of the molecule is C[C@@H](O)[C@H](N)C(=O)N[C@H](C(=O)NCCCNCCCNC(=O)c1cccc(O)c1O)[C@@H](C)O. The summed E-state index contributed by atoms with van der Waals surface area (Å²) in [4.78, 5) is 36.1. The second-order valence-corrected chi connectivity index (χ2v) is 7.67. The molecule has 33 heavy (non-hydrogen) atoms. The van der Waals surface area contributed by atoms with Crippen LogP contribution in [0.4, 0.5) is 0 Å². The predicted molar refractivity (Wildman–Crippen MR) is 120 cm³/mol. The number of hydrogen-bond acceptors (Lipinski definition) is 9. The van der Waals surface area contributed by atoms with Gasteiger partial charge in [0.05, 0.1) is 17.8 Å². The molecular weight excluding hydrogens is 434 g/mol. The summed E-state index contributed by atoms with van der Waals surface area (Å²) in [7, 11) is 0. The number of phenols is 2. The molecule has 0 aliphatic heterocycles. The van der Waals surface area contributed by atoms with Gasteiger partial charge in [-0.15, -0.1) is 0 Å². The number of aromatic hydroxyl groups is 2. The molecule has 0 saturated heterocycles. The van der Waals surface area contributed by atoms with Gasteiger partial charge in [0.2, 0.25) is 11.8 Å². The van der Waals surface area contributed by atoms with Gasteiger partial charge in [0.1, 0.15) is 12.1 Å². The standard InChI is InChI=1S/C21H35N5O7/c1-12(27)16(22)20(32)26-17(13(2)28)21(33)25-11-5-9-23-8-4-10-24-19(31)14-6-3-7-15(29)18(14)30/h3,6-7,12-13,16-17,23,27-30H,4-5,8-11,22H2,1-2H3,(H,24,31)(H,25,33)(H,26,32)/t12-,13-,16+,17+/m1/s1. The molecule has 186 valence electrons. The van der Waals surface area contributed by atoms with E-state index in [4.69, 9.17) is 5.73 Å². The number of amides is 3. The minimum absolute atomic E-state index is 0.00162. The Morgan fingerprint density at radius 2 is 1.52 bits per heavy atom. The largest absolute Gasteiger partial charge is 0.504 e. The Bertz CT molecular complexity index is 788. The smallest absolute Gasteiger partial charge is 0.255 e. The number of aliphatic hydroxyl groups is 2. The molecule has 0 aliphatic rings. The molecule has 0 aliphatic carbocycles. The summed E-state index contributed by atoms with van der Waals surface area (Å²) < 4.78 is 0. The lowest BCUT2D eigenvalue weighted by Crippen LogP contribution is -2.57. The van der Waals surface area contributed by atoms with Crippen LogP contribution in [0.1, 0.15) is 37.0 Å². The summed E-state index contributed by atoms with van der Waals surface area (Å²) in [6, 6.07) is 1.76. The number of para-hydroxylation sites is 1. The number of rotatable bonds is 14. The first kappa shape index (κ1) is 28.1. The molecule has 0 radical (unpaired) electrons. The van der Waals surface area contributed by atoms with Crippen LogP contribution < -0.4 is 27.0 Å². The van der Waals surface area contributed by atoms with Gasteiger partial charge in [0.15, 0.2) is 11.5 Å². The Labute approximate surface area is 192 Å². The van der Waals surface area contributed by atoms with E-state index in [0.29, 0.717) is 39.0 Å². The fourth-order valence-corrected chi connectivity index (χ4v) is 2.76. The molecule has 1 rings (SSSR count). The highest BCUT2D eigenvalue weighted by Gasteiger charge is 2.28. The Kier molecular flexibility index (Phi) is 12.1. The third-order valence-corrected chi connectivity index (χ3v) is 4.79. The average Bonchev–Trinajstić information content (AvgIpc) is 2.76. The lowest BCUT2D eigenvalue weighted by Gasteiger charge is -2.23. The van der Waals surface area contributed by atoms with Crippen molar-refractivity contribution >= 4 is 17.7 Å². The van der Waals surface area contributed by atoms with E-state index in [1.807, 2.05) is 0 Å². The molecule has 4 atom stereocenters. The lowest BCUT2D eigenvalue weighted by atomic mass is 10.1. The van der Waals surface area contributed by atoms with Crippen molar-refractivity contribution in [3.05, 3.63) is 23.8 Å². The van der Waals surface area contributed by atoms with Crippen molar-refractivity contribution in [1.29, 1.82) is 0 Å². The third-order valence-electron chi connectivity index (χ3n) is 4.79. The van der Waals surface area contributed by atoms with Gasteiger partial charge in [0.25, 0.3) is 5.91 Å². The number of hydrogen-bond donors (Lipinski definition) is 9. The summed E-state index contributed by atoms with van der Waals surface area (Å²) in [5.41, 5.74) is 5.53. The van der Waals surface area contributed by atoms with Crippen molar-refractivity contribution in [3.8, 4) is 11.5 Å². The first-order chi connectivity index (χ1) is 15.6. The molecule has 0 aromatic heterocycles. The van der Waals surface area contributed by atoms with Crippen LogP contribution in [0.5, 0.6) is 11.5 Å². The maximum absolute atomic E-state index is 12.2. The van der Waals surface area contributed by atoms with Crippen LogP contribution in [0.15, 0.2) is 18.2 Å². The van der Waals surface area contributed by atoms with E-state index in [2.05, 4.69) is 21.3 Å². The van der Waals surface area contributed by atoms with E-state index in [0.717, 1.165) is 0 Å². The summed E-state index contributed by atoms with van der Waals surface area (Å²) in [5, 5.41) is 49.0. The van der Waals surface area contributed by atoms with Gasteiger partial charge in [-0.2, -0.15) is 0 Å². The zero-order chi connectivity index (χ0) is 25.0. The first-order valence-electron chi connectivity index (χ1n) is 10.8. The van der Waals surface area contributed by atoms with Crippen LogP contribution in [0, 0.1) is 0 Å². The monoisotopic (exact) mass is 469 g/mol. The number of carbonyl (C=O) groups is 3. The van der Waals surface area contributed by atoms with Crippen LogP contribution >= 0.6 is 0 Å². The highest BCUT2D eigenvalue weighted by Crippen LogP contribution is 2.27. The van der Waals surface area contributed by atoms with Crippen molar-refractivity contribution < 1.29 is 34.8 Å². The van der Waals surface area contributed by atoms with Gasteiger partial charge < -0.3 is 47.4 Å². The van der Waals surface area contributed by atoms with Gasteiger partial charge in [0, 0.05) is 13.1 Å². The molecule has 1 aromatic rings. The summed E-state index contributed by atoms with van der Waals surface area (Å²) in [6.45, 7) is 4.57. The van der Waals surface area contributed by atoms with Crippen molar-refractivity contribution in [2.24, 2.45) is 5.73 Å². The van der Waals surface area contributed by atoms with Crippen LogP contribution in [-0.4, -0.2) is 88.6 Å². The fraction of sp³-hybridized carbons (Fsp3) is 0.571. The molecular formula is C21H35N5O7. The molecule has 3 amide bonds. The number of nitrogens with one attached hydrogen (secondary N) is 4. The predicted octanol–water partition coefficient (Wildman–Crippen LogP) is -2.11. The fourth-order valence-electron chi connectivity index (χ4n) is 2.76. The zero-order valence-corrected chi connectivity index (χ0v) is 18.9. The van der Waals surface area contributed by atoms with Gasteiger partial charge in [-0.25, -0.2) is 0 Å². The van der Waals surface area contributed by atoms with E-state index in [1.165, 1.54) is 32.0 Å². The second-order valence-electron chi connectivity index (χ2n) is 7.67. The van der Waals surface area contributed by atoms with E-state index in [1.54, 1.807) is 0 Å². The Morgan fingerprint density at radius 3 is 2.09 bits per heavy atom. The van der Waals surface area contributed by atoms with Crippen LogP contribution in [0.3, 0.4) is 0 Å². The Hall–Kier alpha value is -2.93. The normalized spacial score (nSPS) is 14.6. The molecule has 10 N–H and O–H groups in total. The van der Waals surface area contributed by atoms with E-state index in [-0.39, 0.29) is 11.3 Å². The van der Waals surface area contributed by atoms with E-state index < -0.39 is 47.8 Å². The number of carbonyl (C=O) groups excluding carboxylic acids is 3. The highest BCUT2D eigenvalue weighted by atomic mass is 16.3. The van der Waals surface area contributed by atoms with Gasteiger partial charge in [-0.3, -0.25) is 14.4 Å². The Balaban J connectivity index is 2.21. The molecule has 0 saturated carbocycles. The topological polar surface area (TPSA) is 206 Å². The maximum atomic E-state index is 12.2. The quantitative estimate of drug-likeness (QED) is 0.108. The number of benzene rings is 1. The van der Waals surface area contributed by atoms with Gasteiger partial charge in [-0.05, 0) is 51.9 Å². The van der Waals surface area contributed by atoms with Crippen molar-refractivity contribution in [2.75, 3.05) is 26.2 Å². The maximum Gasteiger partial charge on any atom is 0.255 e. The number of phenolic OH excluding ortho intramolecular Hbond substituents is 2. The Morgan fingerprint density at radius 1 is 0.909 bits per heavy atom. The molecule has 0 fully saturated rings. The van der Waals surface area contributed by atoms with Crippen molar-refractivity contribution in [3.63, 3.8) is 0 Å². The number of aliphatic hydroxyl groups excluding tert-OH is 2. The first-order valence-corrected chi connectivity index (χ1v) is 10.8. The summed E-state index contributed by atoms with van der Waals surface area (Å²) >= 11 is 0. The summed E-state index contributed by atoms with van der Waals surface area (Å²) in [6.07, 6.45) is -1.04. The number of nitrogens with two attached hydrogens (primary N) is 1. The van der Waals surface area contributed by atoms with Crippen LogP contribution in [-0.2, 0) is 9.59 Å². The van der Waals surface area contributed by atoms with E-state index >= 15 is 0 Å². The highest BCUT2D eigenvalue weighted by molar-refractivity contribution is 5.97. The zero-order valence-electron chi connectivity index (χ0n) is 18.9. The summed E-state index contributed by atoms with van der Waals surface area (Å²) in [5.74, 6) is -2.60. The molecule has 12 nitrogen and oxygen atoms in total. The van der Waals surface area contributed by atoms with Gasteiger partial charge >= 0.3 is 0 Å². The third kappa shape index (κ3) is 9.61. The minimum atomic E-state index is -1.21. The molecule has 0 unspecified atom stereocenters. The molecule has 0 bridgehead atoms. The van der Waals surface area contributed by atoms with Crippen molar-refractivity contribution in [2.45, 2.75) is 51.0 Å². The van der Waals surface area contributed by atoms with Crippen LogP contribution in [0.2, 0.25) is 0 Å². The molecule has 12 heteroatoms.